The molecule has 1 amide bonds. The molecule has 0 saturated carbocycles. The number of nitrogens with zero attached hydrogens (tertiary/aromatic N) is 2. The number of carbonyl (C=O) groups excluding carboxylic acids is 1. The first kappa shape index (κ1) is 13.7. The van der Waals surface area contributed by atoms with E-state index in [1.165, 1.54) is 0 Å². The van der Waals surface area contributed by atoms with Crippen molar-refractivity contribution < 1.29 is 4.79 Å². The van der Waals surface area contributed by atoms with Crippen LogP contribution in [0.4, 0.5) is 5.95 Å². The smallest absolute Gasteiger partial charge is 0.240 e. The van der Waals surface area contributed by atoms with Crippen LogP contribution >= 0.6 is 11.6 Å². The van der Waals surface area contributed by atoms with Gasteiger partial charge in [0, 0.05) is 11.6 Å². The van der Waals surface area contributed by atoms with Crippen LogP contribution in [-0.4, -0.2) is 22.0 Å². The zero-order valence-corrected chi connectivity index (χ0v) is 11.7. The number of rotatable bonds is 4. The summed E-state index contributed by atoms with van der Waals surface area (Å²) in [6.45, 7) is 4.90. The predicted octanol–water partition coefficient (Wildman–Crippen LogP) is 2.04. The molecule has 0 atom stereocenters. The summed E-state index contributed by atoms with van der Waals surface area (Å²) >= 11 is 5.90. The van der Waals surface area contributed by atoms with Crippen molar-refractivity contribution in [1.29, 1.82) is 0 Å². The third kappa shape index (κ3) is 3.17. The quantitative estimate of drug-likeness (QED) is 0.900. The van der Waals surface area contributed by atoms with E-state index in [2.05, 4.69) is 10.3 Å². The van der Waals surface area contributed by atoms with Crippen molar-refractivity contribution >= 4 is 34.5 Å². The highest BCUT2D eigenvalue weighted by Gasteiger charge is 2.12. The first-order valence-corrected chi connectivity index (χ1v) is 6.53. The van der Waals surface area contributed by atoms with E-state index in [0.717, 1.165) is 5.52 Å². The highest BCUT2D eigenvalue weighted by molar-refractivity contribution is 6.31. The fourth-order valence-corrected chi connectivity index (χ4v) is 1.97. The Morgan fingerprint density at radius 2 is 2.26 bits per heavy atom. The van der Waals surface area contributed by atoms with E-state index in [0.29, 0.717) is 29.0 Å². The van der Waals surface area contributed by atoms with E-state index < -0.39 is 0 Å². The zero-order chi connectivity index (χ0) is 14.0. The molecule has 102 valence electrons. The largest absolute Gasteiger partial charge is 0.369 e. The molecule has 0 fully saturated rings. The minimum Gasteiger partial charge on any atom is -0.369 e. The minimum atomic E-state index is -0.0744. The average Bonchev–Trinajstić information content (AvgIpc) is 2.62. The van der Waals surface area contributed by atoms with Gasteiger partial charge < -0.3 is 15.6 Å². The molecular formula is C13H17ClN4O. The third-order valence-corrected chi connectivity index (χ3v) is 2.98. The summed E-state index contributed by atoms with van der Waals surface area (Å²) in [6.07, 6.45) is 0. The summed E-state index contributed by atoms with van der Waals surface area (Å²) in [5.74, 6) is 0.659. The van der Waals surface area contributed by atoms with Gasteiger partial charge in [-0.15, -0.1) is 0 Å². The molecule has 0 unspecified atom stereocenters. The summed E-state index contributed by atoms with van der Waals surface area (Å²) in [7, 11) is 0. The number of hydrogen-bond donors (Lipinski definition) is 2. The fourth-order valence-electron chi connectivity index (χ4n) is 1.81. The van der Waals surface area contributed by atoms with Crippen molar-refractivity contribution in [3.8, 4) is 0 Å². The monoisotopic (exact) mass is 280 g/mol. The average molecular weight is 281 g/mol. The number of halogens is 1. The number of nitrogen functional groups attached to an aromatic ring is 1. The lowest BCUT2D eigenvalue weighted by Gasteiger charge is -2.09. The number of benzene rings is 1. The summed E-state index contributed by atoms with van der Waals surface area (Å²) < 4.78 is 1.68. The maximum Gasteiger partial charge on any atom is 0.240 e. The molecule has 3 N–H and O–H groups in total. The Hall–Kier alpha value is -1.75. The van der Waals surface area contributed by atoms with Crippen LogP contribution in [0.1, 0.15) is 13.8 Å². The molecule has 1 heterocycles. The summed E-state index contributed by atoms with van der Waals surface area (Å²) in [5.41, 5.74) is 7.34. The van der Waals surface area contributed by atoms with Crippen molar-refractivity contribution in [1.82, 2.24) is 14.9 Å². The molecule has 2 rings (SSSR count). The van der Waals surface area contributed by atoms with Crippen LogP contribution in [0, 0.1) is 5.92 Å². The Labute approximate surface area is 116 Å². The van der Waals surface area contributed by atoms with Crippen LogP contribution in [0.2, 0.25) is 5.02 Å². The predicted molar refractivity (Wildman–Crippen MR) is 77.0 cm³/mol. The molecule has 0 bridgehead atoms. The normalized spacial score (nSPS) is 11.2. The Bertz CT molecular complexity index is 606. The Morgan fingerprint density at radius 3 is 2.95 bits per heavy atom. The molecule has 0 saturated heterocycles. The molecular weight excluding hydrogens is 264 g/mol. The summed E-state index contributed by atoms with van der Waals surface area (Å²) in [4.78, 5) is 16.0. The first-order valence-electron chi connectivity index (χ1n) is 6.15. The second-order valence-electron chi connectivity index (χ2n) is 4.89. The van der Waals surface area contributed by atoms with Crippen molar-refractivity contribution in [2.45, 2.75) is 20.4 Å². The molecule has 1 aromatic carbocycles. The Morgan fingerprint density at radius 1 is 1.53 bits per heavy atom. The fraction of sp³-hybridized carbons (Fsp3) is 0.385. The number of anilines is 1. The van der Waals surface area contributed by atoms with E-state index in [9.17, 15) is 4.79 Å². The number of nitrogens with two attached hydrogens (primary N) is 1. The maximum atomic E-state index is 11.8. The molecule has 0 radical (unpaired) electrons. The molecule has 0 aliphatic carbocycles. The maximum absolute atomic E-state index is 11.8. The highest BCUT2D eigenvalue weighted by Crippen LogP contribution is 2.21. The van der Waals surface area contributed by atoms with E-state index in [4.69, 9.17) is 17.3 Å². The van der Waals surface area contributed by atoms with Crippen LogP contribution in [-0.2, 0) is 11.3 Å². The number of aromatic nitrogens is 2. The standard InChI is InChI=1S/C13H17ClN4O/c1-8(2)6-16-12(19)7-18-11-4-3-9(14)5-10(11)17-13(18)15/h3-5,8H,6-7H2,1-2H3,(H2,15,17)(H,16,19). The molecule has 6 heteroatoms. The van der Waals surface area contributed by atoms with E-state index in [1.54, 1.807) is 16.7 Å². The van der Waals surface area contributed by atoms with Crippen LogP contribution in [0.5, 0.6) is 0 Å². The lowest BCUT2D eigenvalue weighted by Crippen LogP contribution is -2.30. The number of nitrogens with one attached hydrogen (secondary N) is 1. The molecule has 0 spiro atoms. The molecule has 0 aliphatic rings. The van der Waals surface area contributed by atoms with Gasteiger partial charge in [0.15, 0.2) is 0 Å². The first-order chi connectivity index (χ1) is 8.97. The number of amides is 1. The van der Waals surface area contributed by atoms with Gasteiger partial charge >= 0.3 is 0 Å². The summed E-state index contributed by atoms with van der Waals surface area (Å²) in [5, 5.41) is 3.45. The molecule has 0 aliphatic heterocycles. The lowest BCUT2D eigenvalue weighted by molar-refractivity contribution is -0.121. The van der Waals surface area contributed by atoms with Crippen LogP contribution in [0.3, 0.4) is 0 Å². The summed E-state index contributed by atoms with van der Waals surface area (Å²) in [6, 6.07) is 5.31. The topological polar surface area (TPSA) is 72.9 Å². The van der Waals surface area contributed by atoms with Gasteiger partial charge in [0.25, 0.3) is 0 Å². The Kier molecular flexibility index (Phi) is 3.95. The number of carbonyl (C=O) groups is 1. The number of hydrogen-bond acceptors (Lipinski definition) is 3. The van der Waals surface area contributed by atoms with E-state index in [1.807, 2.05) is 19.9 Å². The molecule has 1 aromatic heterocycles. The molecule has 5 nitrogen and oxygen atoms in total. The second kappa shape index (κ2) is 5.48. The van der Waals surface area contributed by atoms with Crippen LogP contribution in [0.15, 0.2) is 18.2 Å². The van der Waals surface area contributed by atoms with Gasteiger partial charge in [-0.05, 0) is 24.1 Å². The highest BCUT2D eigenvalue weighted by atomic mass is 35.5. The van der Waals surface area contributed by atoms with Gasteiger partial charge in [0.05, 0.1) is 11.0 Å². The minimum absolute atomic E-state index is 0.0744. The van der Waals surface area contributed by atoms with Crippen LogP contribution < -0.4 is 11.1 Å². The van der Waals surface area contributed by atoms with Crippen molar-refractivity contribution in [2.75, 3.05) is 12.3 Å². The van der Waals surface area contributed by atoms with Gasteiger partial charge in [0.1, 0.15) is 6.54 Å². The lowest BCUT2D eigenvalue weighted by atomic mass is 10.2. The third-order valence-electron chi connectivity index (χ3n) is 2.75. The van der Waals surface area contributed by atoms with Crippen molar-refractivity contribution in [3.63, 3.8) is 0 Å². The number of fused-ring (bicyclic) bond motifs is 1. The molecule has 19 heavy (non-hydrogen) atoms. The van der Waals surface area contributed by atoms with E-state index in [-0.39, 0.29) is 12.5 Å². The van der Waals surface area contributed by atoms with Gasteiger partial charge in [0.2, 0.25) is 11.9 Å². The van der Waals surface area contributed by atoms with E-state index >= 15 is 0 Å². The second-order valence-corrected chi connectivity index (χ2v) is 5.32. The SMILES string of the molecule is CC(C)CNC(=O)Cn1c(N)nc2cc(Cl)ccc21. The van der Waals surface area contributed by atoms with Crippen molar-refractivity contribution in [2.24, 2.45) is 5.92 Å². The molecule has 2 aromatic rings. The zero-order valence-electron chi connectivity index (χ0n) is 11.0. The van der Waals surface area contributed by atoms with Gasteiger partial charge in [-0.25, -0.2) is 4.98 Å². The van der Waals surface area contributed by atoms with Gasteiger partial charge in [-0.1, -0.05) is 25.4 Å². The Balaban J connectivity index is 2.20. The van der Waals surface area contributed by atoms with Crippen LogP contribution in [0.25, 0.3) is 11.0 Å². The number of imidazole rings is 1. The van der Waals surface area contributed by atoms with Crippen molar-refractivity contribution in [3.05, 3.63) is 23.2 Å². The van der Waals surface area contributed by atoms with Gasteiger partial charge in [-0.3, -0.25) is 4.79 Å². The van der Waals surface area contributed by atoms with Gasteiger partial charge in [-0.2, -0.15) is 0 Å².